The van der Waals surface area contributed by atoms with E-state index in [0.717, 1.165) is 4.32 Å². The van der Waals surface area contributed by atoms with E-state index in [1.54, 1.807) is 6.20 Å². The molecule has 1 aliphatic heterocycles. The average molecular weight is 116 g/mol. The van der Waals surface area contributed by atoms with Crippen molar-refractivity contribution < 1.29 is 0 Å². The van der Waals surface area contributed by atoms with Gasteiger partial charge in [0, 0.05) is 6.20 Å². The lowest BCUT2D eigenvalue weighted by Gasteiger charge is -1.77. The van der Waals surface area contributed by atoms with Crippen LogP contribution in [-0.4, -0.2) is 4.32 Å². The van der Waals surface area contributed by atoms with Crippen LogP contribution in [0.1, 0.15) is 0 Å². The first kappa shape index (κ1) is 4.15. The van der Waals surface area contributed by atoms with Gasteiger partial charge in [-0.1, -0.05) is 24.0 Å². The summed E-state index contributed by atoms with van der Waals surface area (Å²) in [6, 6.07) is 0. The molecule has 0 bridgehead atoms. The zero-order valence-corrected chi connectivity index (χ0v) is 4.55. The first-order chi connectivity index (χ1) is 2.89. The number of thioether (sulfide) groups is 1. The monoisotopic (exact) mass is 116 g/mol. The highest BCUT2D eigenvalue weighted by molar-refractivity contribution is 8.25. The highest BCUT2D eigenvalue weighted by Crippen LogP contribution is 2.09. The van der Waals surface area contributed by atoms with Gasteiger partial charge in [0.25, 0.3) is 0 Å². The van der Waals surface area contributed by atoms with E-state index in [1.807, 2.05) is 5.41 Å². The Morgan fingerprint density at radius 2 is 2.67 bits per heavy atom. The molecule has 6 heavy (non-hydrogen) atoms. The van der Waals surface area contributed by atoms with Gasteiger partial charge in [-0.2, -0.15) is 0 Å². The smallest absolute Gasteiger partial charge is 0.163 e. The molecule has 0 aliphatic carbocycles. The van der Waals surface area contributed by atoms with Gasteiger partial charge in [0.1, 0.15) is 0 Å². The van der Waals surface area contributed by atoms with Crippen molar-refractivity contribution in [2.45, 2.75) is 0 Å². The minimum atomic E-state index is 0.718. The Bertz CT molecular complexity index is 87.0. The molecule has 0 amide bonds. The zero-order valence-electron chi connectivity index (χ0n) is 2.92. The Morgan fingerprint density at radius 3 is 2.83 bits per heavy atom. The lowest BCUT2D eigenvalue weighted by Crippen LogP contribution is -1.91. The Balaban J connectivity index is 2.52. The molecule has 0 aromatic rings. The third-order valence-corrected chi connectivity index (χ3v) is 1.37. The van der Waals surface area contributed by atoms with Gasteiger partial charge >= 0.3 is 0 Å². The third kappa shape index (κ3) is 0.725. The molecule has 1 heterocycles. The van der Waals surface area contributed by atoms with Crippen LogP contribution in [0.3, 0.4) is 0 Å². The molecule has 0 unspecified atom stereocenters. The maximum atomic E-state index is 4.65. The van der Waals surface area contributed by atoms with E-state index in [4.69, 9.17) is 0 Å². The molecule has 0 aromatic carbocycles. The summed E-state index contributed by atoms with van der Waals surface area (Å²) < 4.78 is 0.718. The predicted molar refractivity (Wildman–Crippen MR) is 31.5 cm³/mol. The summed E-state index contributed by atoms with van der Waals surface area (Å²) in [5.41, 5.74) is 0. The summed E-state index contributed by atoms with van der Waals surface area (Å²) in [4.78, 5) is 0. The molecular formula is C3H2NS2. The molecule has 0 aromatic heterocycles. The van der Waals surface area contributed by atoms with Gasteiger partial charge in [-0.25, -0.2) is 5.32 Å². The number of nitrogens with zero attached hydrogens (tertiary/aromatic N) is 1. The molecule has 1 radical (unpaired) electrons. The van der Waals surface area contributed by atoms with E-state index in [-0.39, 0.29) is 0 Å². The molecule has 0 atom stereocenters. The van der Waals surface area contributed by atoms with Crippen LogP contribution in [0.2, 0.25) is 0 Å². The first-order valence-electron chi connectivity index (χ1n) is 1.46. The number of thiocarbonyl (C=S) groups is 1. The van der Waals surface area contributed by atoms with E-state index in [9.17, 15) is 0 Å². The lowest BCUT2D eigenvalue weighted by molar-refractivity contribution is 1.34. The van der Waals surface area contributed by atoms with Crippen LogP contribution in [-0.2, 0) is 0 Å². The van der Waals surface area contributed by atoms with Crippen LogP contribution in [0.4, 0.5) is 0 Å². The van der Waals surface area contributed by atoms with Crippen LogP contribution >= 0.6 is 24.0 Å². The molecule has 0 fully saturated rings. The fourth-order valence-electron chi connectivity index (χ4n) is 0.210. The maximum Gasteiger partial charge on any atom is 0.163 e. The second-order valence-corrected chi connectivity index (χ2v) is 2.34. The topological polar surface area (TPSA) is 14.1 Å². The van der Waals surface area contributed by atoms with Crippen molar-refractivity contribution in [1.29, 1.82) is 0 Å². The Hall–Kier alpha value is -0.0200. The summed E-state index contributed by atoms with van der Waals surface area (Å²) in [6.07, 6.45) is 1.70. The van der Waals surface area contributed by atoms with Crippen molar-refractivity contribution in [1.82, 2.24) is 5.32 Å². The van der Waals surface area contributed by atoms with E-state index in [2.05, 4.69) is 17.5 Å². The van der Waals surface area contributed by atoms with Crippen molar-refractivity contribution in [2.24, 2.45) is 0 Å². The number of hydrogen-bond acceptors (Lipinski definition) is 2. The molecule has 1 aliphatic rings. The third-order valence-electron chi connectivity index (χ3n) is 0.410. The Morgan fingerprint density at radius 1 is 1.83 bits per heavy atom. The van der Waals surface area contributed by atoms with Gasteiger partial charge in [0.05, 0.1) is 0 Å². The van der Waals surface area contributed by atoms with Crippen LogP contribution in [0.5, 0.6) is 0 Å². The van der Waals surface area contributed by atoms with Crippen LogP contribution in [0.25, 0.3) is 0 Å². The van der Waals surface area contributed by atoms with Crippen LogP contribution in [0.15, 0.2) is 11.6 Å². The van der Waals surface area contributed by atoms with Crippen LogP contribution in [0, 0.1) is 0 Å². The Kier molecular flexibility index (Phi) is 1.12. The molecular weight excluding hydrogens is 114 g/mol. The van der Waals surface area contributed by atoms with Gasteiger partial charge in [0.15, 0.2) is 4.32 Å². The highest BCUT2D eigenvalue weighted by Gasteiger charge is 1.96. The van der Waals surface area contributed by atoms with Crippen LogP contribution < -0.4 is 5.32 Å². The molecule has 1 rings (SSSR count). The van der Waals surface area contributed by atoms with E-state index < -0.39 is 0 Å². The zero-order chi connectivity index (χ0) is 4.41. The normalized spacial score (nSPS) is 18.3. The highest BCUT2D eigenvalue weighted by atomic mass is 32.2. The molecule has 3 heteroatoms. The van der Waals surface area contributed by atoms with Crippen molar-refractivity contribution in [3.8, 4) is 0 Å². The fraction of sp³-hybridized carbons (Fsp3) is 0. The quantitative estimate of drug-likeness (QED) is 0.440. The first-order valence-corrected chi connectivity index (χ1v) is 2.75. The summed E-state index contributed by atoms with van der Waals surface area (Å²) in [5, 5.41) is 5.61. The predicted octanol–water partition coefficient (Wildman–Crippen LogP) is 1.09. The number of hydrogen-bond donors (Lipinski definition) is 0. The fourth-order valence-corrected chi connectivity index (χ4v) is 0.798. The minimum absolute atomic E-state index is 0.718. The molecule has 0 N–H and O–H groups in total. The van der Waals surface area contributed by atoms with Crippen molar-refractivity contribution in [3.05, 3.63) is 11.6 Å². The van der Waals surface area contributed by atoms with Crippen molar-refractivity contribution in [3.63, 3.8) is 0 Å². The lowest BCUT2D eigenvalue weighted by atomic mass is 11.0. The van der Waals surface area contributed by atoms with Gasteiger partial charge < -0.3 is 0 Å². The van der Waals surface area contributed by atoms with E-state index >= 15 is 0 Å². The minimum Gasteiger partial charge on any atom is -0.237 e. The van der Waals surface area contributed by atoms with Gasteiger partial charge in [-0.15, -0.1) is 0 Å². The number of rotatable bonds is 0. The average Bonchev–Trinajstić information content (AvgIpc) is 1.86. The van der Waals surface area contributed by atoms with E-state index in [0.29, 0.717) is 0 Å². The largest absolute Gasteiger partial charge is 0.237 e. The van der Waals surface area contributed by atoms with Crippen molar-refractivity contribution in [2.75, 3.05) is 0 Å². The summed E-state index contributed by atoms with van der Waals surface area (Å²) in [7, 11) is 0. The van der Waals surface area contributed by atoms with Gasteiger partial charge in [-0.3, -0.25) is 0 Å². The molecule has 31 valence electrons. The summed E-state index contributed by atoms with van der Waals surface area (Å²) in [6.45, 7) is 0. The maximum absolute atomic E-state index is 4.65. The molecule has 0 saturated carbocycles. The van der Waals surface area contributed by atoms with Gasteiger partial charge in [0.2, 0.25) is 0 Å². The molecule has 0 spiro atoms. The summed E-state index contributed by atoms with van der Waals surface area (Å²) >= 11 is 6.13. The summed E-state index contributed by atoms with van der Waals surface area (Å²) in [5.74, 6) is 0. The SMILES string of the molecule is S=C1[N]C=CS1. The van der Waals surface area contributed by atoms with Gasteiger partial charge in [-0.05, 0) is 5.41 Å². The second kappa shape index (κ2) is 1.62. The molecule has 1 nitrogen and oxygen atoms in total. The second-order valence-electron chi connectivity index (χ2n) is 0.798. The molecule has 0 saturated heterocycles. The van der Waals surface area contributed by atoms with Crippen molar-refractivity contribution >= 4 is 28.3 Å². The Labute approximate surface area is 45.8 Å². The standard InChI is InChI=1S/C3H2NS2/c5-3-4-1-2-6-3/h1-2H. The van der Waals surface area contributed by atoms with E-state index in [1.165, 1.54) is 11.8 Å².